The molecule has 0 spiro atoms. The number of aryl methyl sites for hydroxylation is 1. The molecule has 1 aliphatic rings. The third kappa shape index (κ3) is 3.60. The van der Waals surface area contributed by atoms with E-state index in [-0.39, 0.29) is 35.5 Å². The van der Waals surface area contributed by atoms with Crippen LogP contribution in [0.4, 0.5) is 4.39 Å². The fourth-order valence-electron chi connectivity index (χ4n) is 4.14. The molecule has 0 unspecified atom stereocenters. The molecule has 2 amide bonds. The molecule has 0 aliphatic carbocycles. The average molecular weight is 462 g/mol. The number of ketones is 1. The van der Waals surface area contributed by atoms with E-state index in [0.717, 1.165) is 6.20 Å². The standard InChI is InChI=1S/C23H20FN7O3/c1-29-13-27-28-21(29)19-18-17(16(24)12-26-19)15(11-25-18)20(32)23(34)31-9-7-30(8-10-31)22(33)14-5-3-2-4-6-14/h2-6,11-13H,7-10H2,1H3,(H,25,26,28,32)/p+1. The fraction of sp³-hybridized carbons (Fsp3) is 0.217. The molecule has 10 nitrogen and oxygen atoms in total. The number of fused-ring (bicyclic) bond motifs is 1. The van der Waals surface area contributed by atoms with Gasteiger partial charge in [0.15, 0.2) is 11.5 Å². The monoisotopic (exact) mass is 462 g/mol. The smallest absolute Gasteiger partial charge is 0.295 e. The lowest BCUT2D eigenvalue weighted by Crippen LogP contribution is -2.52. The van der Waals surface area contributed by atoms with E-state index in [1.807, 2.05) is 6.07 Å². The Kier molecular flexibility index (Phi) is 5.36. The topological polar surface area (TPSA) is 119 Å². The van der Waals surface area contributed by atoms with E-state index in [1.54, 1.807) is 40.8 Å². The Labute approximate surface area is 193 Å². The molecule has 0 radical (unpaired) electrons. The summed E-state index contributed by atoms with van der Waals surface area (Å²) in [5, 5.41) is 6.71. The Balaban J connectivity index is 1.35. The van der Waals surface area contributed by atoms with E-state index in [1.165, 1.54) is 17.4 Å². The zero-order chi connectivity index (χ0) is 23.8. The van der Waals surface area contributed by atoms with Gasteiger partial charge in [-0.3, -0.25) is 14.4 Å². The van der Waals surface area contributed by atoms with Gasteiger partial charge in [0.05, 0.1) is 29.7 Å². The molecule has 4 aromatic rings. The summed E-state index contributed by atoms with van der Waals surface area (Å²) in [5.74, 6) is -1.88. The second-order valence-corrected chi connectivity index (χ2v) is 8.00. The predicted octanol–water partition coefficient (Wildman–Crippen LogP) is 1.08. The quantitative estimate of drug-likeness (QED) is 0.267. The fourth-order valence-corrected chi connectivity index (χ4v) is 4.14. The van der Waals surface area contributed by atoms with Gasteiger partial charge in [-0.15, -0.1) is 5.10 Å². The largest absolute Gasteiger partial charge is 0.358 e. The van der Waals surface area contributed by atoms with Crippen LogP contribution in [-0.4, -0.2) is 73.7 Å². The Morgan fingerprint density at radius 3 is 2.44 bits per heavy atom. The summed E-state index contributed by atoms with van der Waals surface area (Å²) < 4.78 is 16.4. The molecule has 1 saturated heterocycles. The molecule has 3 aromatic heterocycles. The zero-order valence-corrected chi connectivity index (χ0v) is 18.3. The lowest BCUT2D eigenvalue weighted by molar-refractivity contribution is -0.660. The molecule has 172 valence electrons. The Morgan fingerprint density at radius 1 is 1.06 bits per heavy atom. The first kappa shape index (κ1) is 21.4. The number of H-pyrrole nitrogens is 2. The van der Waals surface area contributed by atoms with Crippen LogP contribution in [0.5, 0.6) is 0 Å². The molecule has 34 heavy (non-hydrogen) atoms. The van der Waals surface area contributed by atoms with Crippen LogP contribution in [0.3, 0.4) is 0 Å². The van der Waals surface area contributed by atoms with Crippen LogP contribution >= 0.6 is 0 Å². The number of carbonyl (C=O) groups excluding carboxylic acids is 3. The van der Waals surface area contributed by atoms with Crippen molar-refractivity contribution in [2.75, 3.05) is 26.2 Å². The number of amides is 2. The van der Waals surface area contributed by atoms with Crippen molar-refractivity contribution >= 4 is 28.5 Å². The normalized spacial score (nSPS) is 13.9. The highest BCUT2D eigenvalue weighted by molar-refractivity contribution is 6.45. The third-order valence-electron chi connectivity index (χ3n) is 5.95. The number of Topliss-reactive ketones (excluding diaryl/α,β-unsaturated/α-hetero) is 1. The number of aromatic nitrogens is 5. The SMILES string of the molecule is C[n+]1cn[nH]c1-c1ncc(F)c2c(C(=O)C(=O)N3CCN(C(=O)c4ccccc4)CC3)c[nH]c12. The molecule has 11 heteroatoms. The van der Waals surface area contributed by atoms with Crippen molar-refractivity contribution in [3.8, 4) is 11.5 Å². The van der Waals surface area contributed by atoms with Gasteiger partial charge in [-0.05, 0) is 12.1 Å². The summed E-state index contributed by atoms with van der Waals surface area (Å²) >= 11 is 0. The Hall–Kier alpha value is -4.41. The van der Waals surface area contributed by atoms with Gasteiger partial charge >= 0.3 is 0 Å². The van der Waals surface area contributed by atoms with E-state index in [0.29, 0.717) is 30.2 Å². The number of rotatable bonds is 4. The molecular weight excluding hydrogens is 441 g/mol. The summed E-state index contributed by atoms with van der Waals surface area (Å²) in [4.78, 5) is 48.7. The number of piperazine rings is 1. The molecular formula is C23H21FN7O3+. The van der Waals surface area contributed by atoms with Crippen molar-refractivity contribution < 1.29 is 23.3 Å². The summed E-state index contributed by atoms with van der Waals surface area (Å²) in [5.41, 5.74) is 1.17. The number of hydrogen-bond acceptors (Lipinski definition) is 5. The summed E-state index contributed by atoms with van der Waals surface area (Å²) in [6, 6.07) is 8.89. The van der Waals surface area contributed by atoms with Crippen molar-refractivity contribution in [3.63, 3.8) is 0 Å². The highest BCUT2D eigenvalue weighted by Gasteiger charge is 2.31. The zero-order valence-electron chi connectivity index (χ0n) is 18.3. The van der Waals surface area contributed by atoms with Crippen LogP contribution in [0.2, 0.25) is 0 Å². The highest BCUT2D eigenvalue weighted by atomic mass is 19.1. The maximum absolute atomic E-state index is 14.7. The lowest BCUT2D eigenvalue weighted by atomic mass is 10.1. The van der Waals surface area contributed by atoms with Crippen molar-refractivity contribution in [2.24, 2.45) is 7.05 Å². The van der Waals surface area contributed by atoms with Crippen LogP contribution in [0.1, 0.15) is 20.7 Å². The first-order valence-electron chi connectivity index (χ1n) is 10.7. The summed E-state index contributed by atoms with van der Waals surface area (Å²) in [6.07, 6.45) is 3.87. The second-order valence-electron chi connectivity index (χ2n) is 8.00. The molecule has 5 rings (SSSR count). The molecule has 1 aliphatic heterocycles. The van der Waals surface area contributed by atoms with Crippen LogP contribution in [0.15, 0.2) is 49.1 Å². The highest BCUT2D eigenvalue weighted by Crippen LogP contribution is 2.28. The molecule has 1 fully saturated rings. The molecule has 2 N–H and O–H groups in total. The number of nitrogens with one attached hydrogen (secondary N) is 2. The van der Waals surface area contributed by atoms with Gasteiger partial charge < -0.3 is 14.8 Å². The van der Waals surface area contributed by atoms with Crippen molar-refractivity contribution in [3.05, 3.63) is 66.0 Å². The van der Waals surface area contributed by atoms with Gasteiger partial charge in [-0.2, -0.15) is 0 Å². The number of hydrogen-bond donors (Lipinski definition) is 2. The third-order valence-corrected chi connectivity index (χ3v) is 5.95. The van der Waals surface area contributed by atoms with Crippen molar-refractivity contribution in [2.45, 2.75) is 0 Å². The van der Waals surface area contributed by atoms with Crippen molar-refractivity contribution in [1.29, 1.82) is 0 Å². The maximum Gasteiger partial charge on any atom is 0.295 e. The van der Waals surface area contributed by atoms with Gasteiger partial charge in [-0.1, -0.05) is 18.2 Å². The first-order valence-corrected chi connectivity index (χ1v) is 10.7. The number of carbonyl (C=O) groups is 3. The first-order chi connectivity index (χ1) is 16.5. The minimum Gasteiger partial charge on any atom is -0.358 e. The van der Waals surface area contributed by atoms with Crippen LogP contribution in [0.25, 0.3) is 22.4 Å². The van der Waals surface area contributed by atoms with Gasteiger partial charge in [0, 0.05) is 43.0 Å². The molecule has 4 heterocycles. The van der Waals surface area contributed by atoms with Gasteiger partial charge in [0.2, 0.25) is 0 Å². The minimum absolute atomic E-state index is 0.00385. The molecule has 0 bridgehead atoms. The Morgan fingerprint density at radius 2 is 1.76 bits per heavy atom. The number of halogens is 1. The predicted molar refractivity (Wildman–Crippen MR) is 118 cm³/mol. The Bertz CT molecular complexity index is 1400. The molecule has 1 aromatic carbocycles. The lowest BCUT2D eigenvalue weighted by Gasteiger charge is -2.34. The van der Waals surface area contributed by atoms with E-state index >= 15 is 0 Å². The summed E-state index contributed by atoms with van der Waals surface area (Å²) in [7, 11) is 1.75. The molecule has 0 atom stereocenters. The van der Waals surface area contributed by atoms with Crippen LogP contribution in [-0.2, 0) is 11.8 Å². The number of pyridine rings is 1. The minimum atomic E-state index is -0.820. The van der Waals surface area contributed by atoms with Gasteiger partial charge in [0.25, 0.3) is 29.7 Å². The maximum atomic E-state index is 14.7. The number of benzene rings is 1. The van der Waals surface area contributed by atoms with Gasteiger partial charge in [-0.25, -0.2) is 13.9 Å². The van der Waals surface area contributed by atoms with E-state index < -0.39 is 17.5 Å². The number of aromatic amines is 2. The van der Waals surface area contributed by atoms with E-state index in [4.69, 9.17) is 0 Å². The average Bonchev–Trinajstić information content (AvgIpc) is 3.51. The van der Waals surface area contributed by atoms with Crippen LogP contribution < -0.4 is 4.57 Å². The van der Waals surface area contributed by atoms with Crippen LogP contribution in [0, 0.1) is 5.82 Å². The van der Waals surface area contributed by atoms with E-state index in [2.05, 4.69) is 20.2 Å². The second kappa shape index (κ2) is 8.50. The molecule has 0 saturated carbocycles. The van der Waals surface area contributed by atoms with Crippen molar-refractivity contribution in [1.82, 2.24) is 30.0 Å². The number of nitrogens with zero attached hydrogens (tertiary/aromatic N) is 5. The summed E-state index contributed by atoms with van der Waals surface area (Å²) in [6.45, 7) is 1.04. The van der Waals surface area contributed by atoms with Gasteiger partial charge in [0.1, 0.15) is 0 Å². The van der Waals surface area contributed by atoms with E-state index in [9.17, 15) is 18.8 Å².